The summed E-state index contributed by atoms with van der Waals surface area (Å²) in [6, 6.07) is 8.33. The summed E-state index contributed by atoms with van der Waals surface area (Å²) in [6.07, 6.45) is 8.98. The van der Waals surface area contributed by atoms with Gasteiger partial charge < -0.3 is 24.8 Å². The van der Waals surface area contributed by atoms with E-state index < -0.39 is 0 Å². The average Bonchev–Trinajstić information content (AvgIpc) is 3.37. The second-order valence-corrected chi connectivity index (χ2v) is 8.87. The van der Waals surface area contributed by atoms with E-state index in [1.807, 2.05) is 23.7 Å². The van der Waals surface area contributed by atoms with Crippen LogP contribution in [0.15, 0.2) is 55.2 Å². The number of aryl methyl sites for hydroxylation is 1. The summed E-state index contributed by atoms with van der Waals surface area (Å²) in [5.41, 5.74) is 5.08. The van der Waals surface area contributed by atoms with Crippen LogP contribution in [0.4, 0.5) is 17.2 Å². The van der Waals surface area contributed by atoms with Crippen LogP contribution < -0.4 is 10.2 Å². The SMILES string of the molecule is Cc1cncc(-c2cn3ccnc3c(Nc3ccc(N4CCN(CC(CO)CO)CC4)cc3)n2)n1. The summed E-state index contributed by atoms with van der Waals surface area (Å²) in [5.74, 6) is 0.581. The molecule has 182 valence electrons. The first-order chi connectivity index (χ1) is 17.1. The van der Waals surface area contributed by atoms with Gasteiger partial charge >= 0.3 is 0 Å². The highest BCUT2D eigenvalue weighted by Crippen LogP contribution is 2.25. The highest BCUT2D eigenvalue weighted by Gasteiger charge is 2.20. The van der Waals surface area contributed by atoms with E-state index in [2.05, 4.69) is 54.3 Å². The third-order valence-corrected chi connectivity index (χ3v) is 6.29. The first-order valence-corrected chi connectivity index (χ1v) is 11.8. The lowest BCUT2D eigenvalue weighted by Crippen LogP contribution is -2.48. The molecular formula is C25H30N8O2. The van der Waals surface area contributed by atoms with Gasteiger partial charge in [0.25, 0.3) is 0 Å². The van der Waals surface area contributed by atoms with Crippen molar-refractivity contribution in [3.63, 3.8) is 0 Å². The third kappa shape index (κ3) is 5.24. The number of nitrogens with zero attached hydrogens (tertiary/aromatic N) is 7. The molecule has 0 unspecified atom stereocenters. The van der Waals surface area contributed by atoms with Crippen LogP contribution >= 0.6 is 0 Å². The molecule has 0 spiro atoms. The van der Waals surface area contributed by atoms with Gasteiger partial charge in [0, 0.05) is 88.0 Å². The molecule has 0 amide bonds. The second-order valence-electron chi connectivity index (χ2n) is 8.87. The molecule has 10 nitrogen and oxygen atoms in total. The maximum absolute atomic E-state index is 9.33. The van der Waals surface area contributed by atoms with Crippen molar-refractivity contribution in [1.29, 1.82) is 0 Å². The highest BCUT2D eigenvalue weighted by molar-refractivity contribution is 5.73. The van der Waals surface area contributed by atoms with Crippen molar-refractivity contribution >= 4 is 22.8 Å². The van der Waals surface area contributed by atoms with Crippen LogP contribution in [0.2, 0.25) is 0 Å². The maximum Gasteiger partial charge on any atom is 0.180 e. The van der Waals surface area contributed by atoms with Crippen LogP contribution in [0.3, 0.4) is 0 Å². The largest absolute Gasteiger partial charge is 0.396 e. The standard InChI is InChI=1S/C25H30N8O2/c1-18-12-26-13-22(28-18)23-15-33-7-6-27-25(33)24(30-23)29-20-2-4-21(5-3-20)32-10-8-31(9-11-32)14-19(16-34)17-35/h2-7,12-13,15,19,34-35H,8-11,14,16-17H2,1H3,(H,29,30). The molecule has 0 bridgehead atoms. The molecule has 3 aromatic heterocycles. The van der Waals surface area contributed by atoms with E-state index in [0.29, 0.717) is 17.2 Å². The number of aliphatic hydroxyl groups is 2. The van der Waals surface area contributed by atoms with Gasteiger partial charge in [-0.25, -0.2) is 15.0 Å². The zero-order chi connectivity index (χ0) is 24.2. The lowest BCUT2D eigenvalue weighted by Gasteiger charge is -2.37. The summed E-state index contributed by atoms with van der Waals surface area (Å²) in [5, 5.41) is 22.1. The van der Waals surface area contributed by atoms with Crippen molar-refractivity contribution in [2.24, 2.45) is 5.92 Å². The van der Waals surface area contributed by atoms with E-state index in [1.165, 1.54) is 5.69 Å². The first kappa shape index (κ1) is 23.2. The number of aromatic nitrogens is 5. The predicted octanol–water partition coefficient (Wildman–Crippen LogP) is 1.96. The fourth-order valence-corrected chi connectivity index (χ4v) is 4.35. The highest BCUT2D eigenvalue weighted by atomic mass is 16.3. The van der Waals surface area contributed by atoms with Crippen LogP contribution in [0, 0.1) is 12.8 Å². The smallest absolute Gasteiger partial charge is 0.180 e. The molecule has 3 N–H and O–H groups in total. The van der Waals surface area contributed by atoms with Crippen LogP contribution in [0.25, 0.3) is 17.0 Å². The summed E-state index contributed by atoms with van der Waals surface area (Å²) >= 11 is 0. The van der Waals surface area contributed by atoms with Gasteiger partial charge in [0.15, 0.2) is 11.5 Å². The average molecular weight is 475 g/mol. The number of fused-ring (bicyclic) bond motifs is 1. The number of imidazole rings is 1. The van der Waals surface area contributed by atoms with Gasteiger partial charge in [-0.15, -0.1) is 0 Å². The lowest BCUT2D eigenvalue weighted by molar-refractivity contribution is 0.107. The second kappa shape index (κ2) is 10.3. The minimum atomic E-state index is -0.0708. The van der Waals surface area contributed by atoms with Crippen molar-refractivity contribution in [2.45, 2.75) is 6.92 Å². The Balaban J connectivity index is 1.29. The number of aliphatic hydroxyl groups excluding tert-OH is 2. The molecule has 1 fully saturated rings. The number of anilines is 3. The van der Waals surface area contributed by atoms with E-state index in [1.54, 1.807) is 18.6 Å². The lowest BCUT2D eigenvalue weighted by atomic mass is 10.1. The van der Waals surface area contributed by atoms with Crippen molar-refractivity contribution in [3.05, 3.63) is 60.9 Å². The number of benzene rings is 1. The minimum absolute atomic E-state index is 0.0202. The van der Waals surface area contributed by atoms with Gasteiger partial charge in [-0.2, -0.15) is 0 Å². The zero-order valence-electron chi connectivity index (χ0n) is 19.7. The van der Waals surface area contributed by atoms with Crippen molar-refractivity contribution in [2.75, 3.05) is 56.2 Å². The summed E-state index contributed by atoms with van der Waals surface area (Å²) in [4.78, 5) is 22.7. The number of nitrogens with one attached hydrogen (secondary N) is 1. The van der Waals surface area contributed by atoms with Gasteiger partial charge in [0.1, 0.15) is 11.4 Å². The third-order valence-electron chi connectivity index (χ3n) is 6.29. The Morgan fingerprint density at radius 3 is 2.46 bits per heavy atom. The quantitative estimate of drug-likeness (QED) is 0.352. The Labute approximate surface area is 203 Å². The molecule has 0 radical (unpaired) electrons. The van der Waals surface area contributed by atoms with E-state index >= 15 is 0 Å². The Morgan fingerprint density at radius 1 is 0.971 bits per heavy atom. The van der Waals surface area contributed by atoms with Crippen molar-refractivity contribution in [3.8, 4) is 11.4 Å². The molecule has 10 heteroatoms. The van der Waals surface area contributed by atoms with Crippen LogP contribution in [0.5, 0.6) is 0 Å². The normalized spacial score (nSPS) is 14.7. The molecule has 4 aromatic rings. The number of rotatable bonds is 8. The molecule has 5 rings (SSSR count). The van der Waals surface area contributed by atoms with Crippen molar-refractivity contribution in [1.82, 2.24) is 29.2 Å². The molecule has 0 atom stereocenters. The number of hydrogen-bond acceptors (Lipinski definition) is 9. The molecular weight excluding hydrogens is 444 g/mol. The topological polar surface area (TPSA) is 115 Å². The Morgan fingerprint density at radius 2 is 1.74 bits per heavy atom. The summed E-state index contributed by atoms with van der Waals surface area (Å²) in [6.45, 7) is 6.32. The molecule has 4 heterocycles. The predicted molar refractivity (Wildman–Crippen MR) is 135 cm³/mol. The number of piperazine rings is 1. The maximum atomic E-state index is 9.33. The Kier molecular flexibility index (Phi) is 6.84. The van der Waals surface area contributed by atoms with Crippen LogP contribution in [0.1, 0.15) is 5.69 Å². The fourth-order valence-electron chi connectivity index (χ4n) is 4.35. The molecule has 1 saturated heterocycles. The van der Waals surface area contributed by atoms with Crippen LogP contribution in [-0.4, -0.2) is 85.4 Å². The van der Waals surface area contributed by atoms with Gasteiger partial charge in [0.05, 0.1) is 11.9 Å². The minimum Gasteiger partial charge on any atom is -0.396 e. The van der Waals surface area contributed by atoms with E-state index in [0.717, 1.165) is 49.8 Å². The van der Waals surface area contributed by atoms with E-state index in [-0.39, 0.29) is 19.1 Å². The van der Waals surface area contributed by atoms with Gasteiger partial charge in [-0.05, 0) is 31.2 Å². The van der Waals surface area contributed by atoms with E-state index in [9.17, 15) is 10.2 Å². The monoisotopic (exact) mass is 474 g/mol. The van der Waals surface area contributed by atoms with E-state index in [4.69, 9.17) is 4.98 Å². The van der Waals surface area contributed by atoms with Crippen molar-refractivity contribution < 1.29 is 10.2 Å². The molecule has 1 aliphatic heterocycles. The van der Waals surface area contributed by atoms with Gasteiger partial charge in [-0.3, -0.25) is 9.88 Å². The molecule has 0 aliphatic carbocycles. The fraction of sp³-hybridized carbons (Fsp3) is 0.360. The molecule has 35 heavy (non-hydrogen) atoms. The van der Waals surface area contributed by atoms with Gasteiger partial charge in [0.2, 0.25) is 0 Å². The van der Waals surface area contributed by atoms with Crippen LogP contribution in [-0.2, 0) is 0 Å². The molecule has 0 saturated carbocycles. The zero-order valence-corrected chi connectivity index (χ0v) is 19.7. The first-order valence-electron chi connectivity index (χ1n) is 11.8. The Bertz CT molecular complexity index is 1260. The molecule has 1 aromatic carbocycles. The number of hydrogen-bond donors (Lipinski definition) is 3. The van der Waals surface area contributed by atoms with Gasteiger partial charge in [-0.1, -0.05) is 0 Å². The molecule has 1 aliphatic rings. The summed E-state index contributed by atoms with van der Waals surface area (Å²) in [7, 11) is 0. The Hall–Kier alpha value is -3.60. The summed E-state index contributed by atoms with van der Waals surface area (Å²) < 4.78 is 1.93.